The summed E-state index contributed by atoms with van der Waals surface area (Å²) in [7, 11) is 0. The van der Waals surface area contributed by atoms with Crippen LogP contribution in [-0.2, 0) is 0 Å². The summed E-state index contributed by atoms with van der Waals surface area (Å²) in [6.45, 7) is 0. The van der Waals surface area contributed by atoms with Crippen LogP contribution in [0.1, 0.15) is 0 Å². The fourth-order valence-electron chi connectivity index (χ4n) is 0.0619. The number of alkyl halides is 3. The molecule has 9 heavy (non-hydrogen) atoms. The first kappa shape index (κ1) is 11.5. The van der Waals surface area contributed by atoms with Crippen molar-refractivity contribution in [3.63, 3.8) is 0 Å². The minimum absolute atomic E-state index is 0. The predicted molar refractivity (Wildman–Crippen MR) is 23.6 cm³/mol. The molecule has 0 aliphatic carbocycles. The summed E-state index contributed by atoms with van der Waals surface area (Å²) >= 11 is 4.38. The van der Waals surface area contributed by atoms with Gasteiger partial charge in [-0.15, -0.1) is 0 Å². The molecule has 0 saturated heterocycles. The third-order valence-corrected chi connectivity index (χ3v) is 0.558. The van der Waals surface area contributed by atoms with Crippen molar-refractivity contribution in [1.29, 1.82) is 0 Å². The molecule has 0 heterocycles. The Bertz CT molecular complexity index is 103. The van der Waals surface area contributed by atoms with Crippen LogP contribution in [-0.4, -0.2) is 6.18 Å². The number of halogens is 6. The molecular weight excluding hydrogens is 166 g/mol. The van der Waals surface area contributed by atoms with Gasteiger partial charge in [0.25, 0.3) is 0 Å². The van der Waals surface area contributed by atoms with Crippen LogP contribution in [0.25, 0.3) is 0 Å². The Hall–Kier alpha value is -0.320. The highest BCUT2D eigenvalue weighted by atomic mass is 35.5. The molecule has 0 aromatic rings. The molecular formula is C3H2ClF5. The fourth-order valence-corrected chi connectivity index (χ4v) is 0.186. The average molecular weight is 168 g/mol. The molecule has 56 valence electrons. The lowest BCUT2D eigenvalue weighted by Crippen LogP contribution is -2.06. The SMILES string of the molecule is F.FC(=CCl)C(F)(F)F. The van der Waals surface area contributed by atoms with E-state index in [1.165, 1.54) is 0 Å². The number of hydrogen-bond acceptors (Lipinski definition) is 0. The van der Waals surface area contributed by atoms with E-state index in [2.05, 4.69) is 11.6 Å². The summed E-state index contributed by atoms with van der Waals surface area (Å²) in [5.74, 6) is -2.28. The van der Waals surface area contributed by atoms with Crippen LogP contribution in [0.3, 0.4) is 0 Å². The van der Waals surface area contributed by atoms with Crippen LogP contribution < -0.4 is 0 Å². The topological polar surface area (TPSA) is 0 Å². The lowest BCUT2D eigenvalue weighted by Gasteiger charge is -1.98. The van der Waals surface area contributed by atoms with Gasteiger partial charge >= 0.3 is 6.18 Å². The van der Waals surface area contributed by atoms with E-state index in [9.17, 15) is 17.6 Å². The number of allylic oxidation sites excluding steroid dienone is 1. The van der Waals surface area contributed by atoms with Gasteiger partial charge in [-0.1, -0.05) is 11.6 Å². The second-order valence-electron chi connectivity index (χ2n) is 0.955. The molecule has 6 heteroatoms. The maximum atomic E-state index is 11.2. The van der Waals surface area contributed by atoms with E-state index in [4.69, 9.17) is 0 Å². The third kappa shape index (κ3) is 4.20. The monoisotopic (exact) mass is 168 g/mol. The molecule has 0 aliphatic rings. The second kappa shape index (κ2) is 3.66. The smallest absolute Gasteiger partial charge is 0.269 e. The summed E-state index contributed by atoms with van der Waals surface area (Å²) < 4.78 is 44.0. The van der Waals surface area contributed by atoms with Gasteiger partial charge in [0.05, 0.1) is 0 Å². The van der Waals surface area contributed by atoms with Crippen molar-refractivity contribution in [2.75, 3.05) is 0 Å². The van der Waals surface area contributed by atoms with E-state index in [1.807, 2.05) is 0 Å². The zero-order chi connectivity index (χ0) is 6.78. The molecule has 0 N–H and O–H groups in total. The highest BCUT2D eigenvalue weighted by Crippen LogP contribution is 2.26. The molecule has 0 unspecified atom stereocenters. The molecule has 0 aliphatic heterocycles. The van der Waals surface area contributed by atoms with Gasteiger partial charge in [-0.3, -0.25) is 4.70 Å². The first-order valence-corrected chi connectivity index (χ1v) is 1.95. The molecule has 0 nitrogen and oxygen atoms in total. The Labute approximate surface area is 52.5 Å². The van der Waals surface area contributed by atoms with E-state index in [1.54, 1.807) is 0 Å². The molecule has 0 aromatic carbocycles. The Morgan fingerprint density at radius 2 is 1.67 bits per heavy atom. The zero-order valence-corrected chi connectivity index (χ0v) is 4.63. The van der Waals surface area contributed by atoms with Crippen LogP contribution in [0.4, 0.5) is 22.3 Å². The van der Waals surface area contributed by atoms with Crippen molar-refractivity contribution in [1.82, 2.24) is 0 Å². The molecule has 0 saturated carbocycles. The molecule has 0 spiro atoms. The Balaban J connectivity index is 0. The Kier molecular flexibility index (Phi) is 4.66. The number of rotatable bonds is 0. The quantitative estimate of drug-likeness (QED) is 0.488. The Morgan fingerprint density at radius 3 is 1.67 bits per heavy atom. The Morgan fingerprint density at radius 1 is 1.33 bits per heavy atom. The molecule has 0 atom stereocenters. The van der Waals surface area contributed by atoms with Crippen molar-refractivity contribution >= 4 is 11.6 Å². The molecule has 0 fully saturated rings. The highest BCUT2D eigenvalue weighted by molar-refractivity contribution is 6.25. The molecule has 0 amide bonds. The summed E-state index contributed by atoms with van der Waals surface area (Å²) in [4.78, 5) is 0. The maximum absolute atomic E-state index is 11.2. The summed E-state index contributed by atoms with van der Waals surface area (Å²) in [6, 6.07) is 0. The average Bonchev–Trinajstić information content (AvgIpc) is 1.62. The minimum atomic E-state index is -4.93. The maximum Gasteiger partial charge on any atom is 0.443 e. The van der Waals surface area contributed by atoms with E-state index in [-0.39, 0.29) is 10.2 Å². The molecule has 0 rings (SSSR count). The van der Waals surface area contributed by atoms with Gasteiger partial charge in [-0.05, 0) is 0 Å². The lowest BCUT2D eigenvalue weighted by atomic mass is 10.6. The minimum Gasteiger partial charge on any atom is -0.269 e. The van der Waals surface area contributed by atoms with Crippen molar-refractivity contribution in [3.8, 4) is 0 Å². The first-order chi connectivity index (χ1) is 3.48. The third-order valence-electron chi connectivity index (χ3n) is 0.367. The van der Waals surface area contributed by atoms with E-state index in [0.717, 1.165) is 0 Å². The normalized spacial score (nSPS) is 12.8. The van der Waals surface area contributed by atoms with Gasteiger partial charge in [0, 0.05) is 5.54 Å². The van der Waals surface area contributed by atoms with Crippen LogP contribution in [0.15, 0.2) is 11.4 Å². The van der Waals surface area contributed by atoms with Crippen molar-refractivity contribution in [3.05, 3.63) is 11.4 Å². The van der Waals surface area contributed by atoms with Gasteiger partial charge in [0.15, 0.2) is 0 Å². The first-order valence-electron chi connectivity index (χ1n) is 1.51. The van der Waals surface area contributed by atoms with Gasteiger partial charge < -0.3 is 0 Å². The summed E-state index contributed by atoms with van der Waals surface area (Å²) in [5.41, 5.74) is -0.153. The number of hydrogen-bond donors (Lipinski definition) is 0. The van der Waals surface area contributed by atoms with E-state index in [0.29, 0.717) is 0 Å². The van der Waals surface area contributed by atoms with Crippen LogP contribution in [0.2, 0.25) is 0 Å². The standard InChI is InChI=1S/C3HClF4.FH/c4-1-2(5)3(6,7)8;/h1H;1H. The van der Waals surface area contributed by atoms with Gasteiger partial charge in [-0.2, -0.15) is 13.2 Å². The van der Waals surface area contributed by atoms with Crippen molar-refractivity contribution in [2.45, 2.75) is 6.18 Å². The van der Waals surface area contributed by atoms with Crippen molar-refractivity contribution < 1.29 is 22.3 Å². The second-order valence-corrected chi connectivity index (χ2v) is 1.17. The summed E-state index contributed by atoms with van der Waals surface area (Å²) in [5, 5.41) is 0. The van der Waals surface area contributed by atoms with E-state index >= 15 is 0 Å². The van der Waals surface area contributed by atoms with Gasteiger partial charge in [0.2, 0.25) is 5.83 Å². The highest BCUT2D eigenvalue weighted by Gasteiger charge is 2.33. The largest absolute Gasteiger partial charge is 0.443 e. The lowest BCUT2D eigenvalue weighted by molar-refractivity contribution is -0.108. The predicted octanol–water partition coefficient (Wildman–Crippen LogP) is 2.75. The van der Waals surface area contributed by atoms with Crippen molar-refractivity contribution in [2.24, 2.45) is 0 Å². The van der Waals surface area contributed by atoms with Crippen LogP contribution in [0.5, 0.6) is 0 Å². The van der Waals surface area contributed by atoms with E-state index < -0.39 is 12.0 Å². The molecule has 0 aromatic heterocycles. The van der Waals surface area contributed by atoms with Crippen LogP contribution >= 0.6 is 11.6 Å². The van der Waals surface area contributed by atoms with Gasteiger partial charge in [-0.25, -0.2) is 4.39 Å². The van der Waals surface area contributed by atoms with Crippen LogP contribution in [0, 0.1) is 0 Å². The molecule has 0 radical (unpaired) electrons. The van der Waals surface area contributed by atoms with Gasteiger partial charge in [0.1, 0.15) is 0 Å². The summed E-state index contributed by atoms with van der Waals surface area (Å²) in [6.07, 6.45) is -4.93. The fraction of sp³-hybridized carbons (Fsp3) is 0.333. The molecule has 0 bridgehead atoms. The zero-order valence-electron chi connectivity index (χ0n) is 3.88.